The number of hydrogen-bond acceptors (Lipinski definition) is 2. The average molecular weight is 320 g/mol. The van der Waals surface area contributed by atoms with Crippen molar-refractivity contribution in [2.24, 2.45) is 0 Å². The van der Waals surface area contributed by atoms with Crippen LogP contribution in [0.1, 0.15) is 16.7 Å². The molecule has 0 amide bonds. The first-order chi connectivity index (χ1) is 9.22. The Labute approximate surface area is 119 Å². The van der Waals surface area contributed by atoms with Gasteiger partial charge in [-0.25, -0.2) is 4.39 Å². The minimum atomic E-state index is -0.365. The van der Waals surface area contributed by atoms with Crippen LogP contribution in [0.2, 0.25) is 0 Å². The molecule has 2 aromatic rings. The summed E-state index contributed by atoms with van der Waals surface area (Å²) in [5.74, 6) is 0.308. The van der Waals surface area contributed by atoms with Crippen LogP contribution >= 0.6 is 15.9 Å². The van der Waals surface area contributed by atoms with Gasteiger partial charge in [0, 0.05) is 10.9 Å². The number of benzene rings is 2. The summed E-state index contributed by atoms with van der Waals surface area (Å²) in [6, 6.07) is 13.8. The van der Waals surface area contributed by atoms with E-state index in [-0.39, 0.29) is 12.4 Å². The lowest BCUT2D eigenvalue weighted by atomic mass is 10.1. The number of nitrogens with zero attached hydrogens (tertiary/aromatic N) is 1. The second-order valence-corrected chi connectivity index (χ2v) is 4.54. The molecule has 0 atom stereocenters. The second kappa shape index (κ2) is 6.35. The molecule has 0 saturated carbocycles. The van der Waals surface area contributed by atoms with E-state index in [0.717, 1.165) is 10.9 Å². The summed E-state index contributed by atoms with van der Waals surface area (Å²) in [7, 11) is 0. The van der Waals surface area contributed by atoms with Gasteiger partial charge >= 0.3 is 0 Å². The number of nitriles is 1. The van der Waals surface area contributed by atoms with Gasteiger partial charge in [-0.3, -0.25) is 0 Å². The molecule has 0 radical (unpaired) electrons. The van der Waals surface area contributed by atoms with E-state index in [1.54, 1.807) is 0 Å². The lowest BCUT2D eigenvalue weighted by molar-refractivity contribution is 0.300. The predicted molar refractivity (Wildman–Crippen MR) is 74.5 cm³/mol. The highest BCUT2D eigenvalue weighted by Gasteiger charge is 2.04. The summed E-state index contributed by atoms with van der Waals surface area (Å²) >= 11 is 3.36. The van der Waals surface area contributed by atoms with Gasteiger partial charge in [-0.15, -0.1) is 0 Å². The van der Waals surface area contributed by atoms with Gasteiger partial charge < -0.3 is 4.74 Å². The van der Waals surface area contributed by atoms with E-state index in [9.17, 15) is 4.39 Å². The Morgan fingerprint density at radius 1 is 1.16 bits per heavy atom. The number of alkyl halides is 1. The van der Waals surface area contributed by atoms with Crippen LogP contribution in [0.15, 0.2) is 42.5 Å². The highest BCUT2D eigenvalue weighted by atomic mass is 79.9. The van der Waals surface area contributed by atoms with Gasteiger partial charge in [0.15, 0.2) is 0 Å². The van der Waals surface area contributed by atoms with Crippen molar-refractivity contribution in [3.8, 4) is 11.8 Å². The number of ether oxygens (including phenoxy) is 1. The van der Waals surface area contributed by atoms with Crippen LogP contribution in [-0.2, 0) is 11.9 Å². The zero-order valence-corrected chi connectivity index (χ0v) is 11.7. The SMILES string of the molecule is N#Cc1ccc(F)c(COc2ccc(CBr)cc2)c1. The van der Waals surface area contributed by atoms with Gasteiger partial charge in [0.2, 0.25) is 0 Å². The molecule has 0 heterocycles. The van der Waals surface area contributed by atoms with Crippen LogP contribution in [0.4, 0.5) is 4.39 Å². The van der Waals surface area contributed by atoms with Crippen LogP contribution in [0, 0.1) is 17.1 Å². The van der Waals surface area contributed by atoms with E-state index in [1.165, 1.54) is 18.2 Å². The third-order valence-electron chi connectivity index (χ3n) is 2.65. The topological polar surface area (TPSA) is 33.0 Å². The third kappa shape index (κ3) is 3.55. The molecular formula is C15H11BrFNO. The van der Waals surface area contributed by atoms with Crippen molar-refractivity contribution in [2.45, 2.75) is 11.9 Å². The van der Waals surface area contributed by atoms with Crippen molar-refractivity contribution in [1.82, 2.24) is 0 Å². The average Bonchev–Trinajstić information content (AvgIpc) is 2.47. The number of hydrogen-bond donors (Lipinski definition) is 0. The zero-order valence-electron chi connectivity index (χ0n) is 10.1. The Morgan fingerprint density at radius 3 is 2.53 bits per heavy atom. The fourth-order valence-corrected chi connectivity index (χ4v) is 1.96. The maximum atomic E-state index is 13.5. The maximum Gasteiger partial charge on any atom is 0.129 e. The molecule has 0 aliphatic carbocycles. The fourth-order valence-electron chi connectivity index (χ4n) is 1.59. The zero-order chi connectivity index (χ0) is 13.7. The largest absolute Gasteiger partial charge is 0.489 e. The Bertz CT molecular complexity index is 605. The van der Waals surface area contributed by atoms with Gasteiger partial charge in [-0.1, -0.05) is 28.1 Å². The first-order valence-corrected chi connectivity index (χ1v) is 6.81. The standard InChI is InChI=1S/C15H11BrFNO/c16-8-11-1-4-14(5-2-11)19-10-13-7-12(9-18)3-6-15(13)17/h1-7H,8,10H2. The normalized spacial score (nSPS) is 9.95. The Kier molecular flexibility index (Phi) is 4.53. The molecular weight excluding hydrogens is 309 g/mol. The molecule has 0 N–H and O–H groups in total. The lowest BCUT2D eigenvalue weighted by Crippen LogP contribution is -1.99. The summed E-state index contributed by atoms with van der Waals surface area (Å²) in [6.45, 7) is 0.106. The van der Waals surface area contributed by atoms with E-state index in [0.29, 0.717) is 16.9 Å². The first-order valence-electron chi connectivity index (χ1n) is 5.69. The van der Waals surface area contributed by atoms with Crippen molar-refractivity contribution in [3.63, 3.8) is 0 Å². The van der Waals surface area contributed by atoms with Crippen LogP contribution < -0.4 is 4.74 Å². The van der Waals surface area contributed by atoms with Gasteiger partial charge in [-0.2, -0.15) is 5.26 Å². The van der Waals surface area contributed by atoms with Crippen LogP contribution in [0.25, 0.3) is 0 Å². The van der Waals surface area contributed by atoms with Crippen molar-refractivity contribution in [1.29, 1.82) is 5.26 Å². The van der Waals surface area contributed by atoms with E-state index in [2.05, 4.69) is 15.9 Å². The molecule has 0 unspecified atom stereocenters. The molecule has 2 nitrogen and oxygen atoms in total. The fraction of sp³-hybridized carbons (Fsp3) is 0.133. The summed E-state index contributed by atoms with van der Waals surface area (Å²) in [5.41, 5.74) is 1.95. The van der Waals surface area contributed by atoms with E-state index in [4.69, 9.17) is 10.00 Å². The Balaban J connectivity index is 2.07. The van der Waals surface area contributed by atoms with Crippen LogP contribution in [0.5, 0.6) is 5.75 Å². The quantitative estimate of drug-likeness (QED) is 0.792. The molecule has 0 fully saturated rings. The van der Waals surface area contributed by atoms with Crippen molar-refractivity contribution in [3.05, 3.63) is 65.0 Å². The molecule has 4 heteroatoms. The summed E-state index contributed by atoms with van der Waals surface area (Å²) in [5, 5.41) is 9.56. The van der Waals surface area contributed by atoms with Crippen molar-refractivity contribution >= 4 is 15.9 Å². The molecule has 0 aliphatic heterocycles. The molecule has 0 aromatic heterocycles. The lowest BCUT2D eigenvalue weighted by Gasteiger charge is -2.08. The number of rotatable bonds is 4. The summed E-state index contributed by atoms with van der Waals surface area (Å²) < 4.78 is 19.0. The molecule has 0 spiro atoms. The third-order valence-corrected chi connectivity index (χ3v) is 3.29. The Hall–Kier alpha value is -1.86. The van der Waals surface area contributed by atoms with Gasteiger partial charge in [0.25, 0.3) is 0 Å². The molecule has 2 rings (SSSR count). The first kappa shape index (κ1) is 13.6. The van der Waals surface area contributed by atoms with E-state index in [1.807, 2.05) is 30.3 Å². The summed E-state index contributed by atoms with van der Waals surface area (Å²) in [4.78, 5) is 0. The van der Waals surface area contributed by atoms with E-state index >= 15 is 0 Å². The predicted octanol–water partition coefficient (Wildman–Crippen LogP) is 4.17. The maximum absolute atomic E-state index is 13.5. The van der Waals surface area contributed by atoms with E-state index < -0.39 is 0 Å². The molecule has 0 saturated heterocycles. The molecule has 2 aromatic carbocycles. The highest BCUT2D eigenvalue weighted by Crippen LogP contribution is 2.17. The van der Waals surface area contributed by atoms with Gasteiger partial charge in [0.1, 0.15) is 18.2 Å². The smallest absolute Gasteiger partial charge is 0.129 e. The number of halogens is 2. The van der Waals surface area contributed by atoms with Crippen molar-refractivity contribution < 1.29 is 9.13 Å². The van der Waals surface area contributed by atoms with Crippen LogP contribution in [0.3, 0.4) is 0 Å². The second-order valence-electron chi connectivity index (χ2n) is 3.98. The Morgan fingerprint density at radius 2 is 1.89 bits per heavy atom. The summed E-state index contributed by atoms with van der Waals surface area (Å²) in [6.07, 6.45) is 0. The molecule has 0 aliphatic rings. The van der Waals surface area contributed by atoms with Gasteiger partial charge in [-0.05, 0) is 35.9 Å². The van der Waals surface area contributed by atoms with Crippen molar-refractivity contribution in [2.75, 3.05) is 0 Å². The van der Waals surface area contributed by atoms with Crippen LogP contribution in [-0.4, -0.2) is 0 Å². The monoisotopic (exact) mass is 319 g/mol. The minimum Gasteiger partial charge on any atom is -0.489 e. The highest BCUT2D eigenvalue weighted by molar-refractivity contribution is 9.08. The minimum absolute atomic E-state index is 0.106. The molecule has 96 valence electrons. The molecule has 0 bridgehead atoms. The molecule has 19 heavy (non-hydrogen) atoms. The van der Waals surface area contributed by atoms with Gasteiger partial charge in [0.05, 0.1) is 11.6 Å².